The van der Waals surface area contributed by atoms with Gasteiger partial charge in [0, 0.05) is 6.08 Å². The van der Waals surface area contributed by atoms with Crippen LogP contribution in [0.5, 0.6) is 0 Å². The number of carboxylic acid groups (broad SMARTS) is 1. The maximum atomic E-state index is 11.1. The van der Waals surface area contributed by atoms with Crippen LogP contribution < -0.4 is 0 Å². The molecule has 2 atom stereocenters. The summed E-state index contributed by atoms with van der Waals surface area (Å²) in [7, 11) is 0. The van der Waals surface area contributed by atoms with Crippen LogP contribution in [0.2, 0.25) is 0 Å². The van der Waals surface area contributed by atoms with Gasteiger partial charge >= 0.3 is 11.9 Å². The molecule has 4 nitrogen and oxygen atoms in total. The fraction of sp³-hybridized carbons (Fsp3) is 0.500. The number of carbonyl (C=O) groups excluding carboxylic acids is 1. The average Bonchev–Trinajstić information content (AvgIpc) is 2.74. The molecule has 2 unspecified atom stereocenters. The Balaban J connectivity index is 2.50. The molecule has 0 aromatic rings. The molecule has 0 spiro atoms. The Morgan fingerprint density at radius 1 is 1.50 bits per heavy atom. The quantitative estimate of drug-likeness (QED) is 0.438. The minimum absolute atomic E-state index is 0.0960. The maximum absolute atomic E-state index is 11.1. The van der Waals surface area contributed by atoms with Gasteiger partial charge in [-0.25, -0.2) is 4.79 Å². The first-order valence-corrected chi connectivity index (χ1v) is 5.10. The first-order valence-electron chi connectivity index (χ1n) is 5.10. The monoisotopic (exact) mass is 224 g/mol. The lowest BCUT2D eigenvalue weighted by molar-refractivity contribution is -0.139. The summed E-state index contributed by atoms with van der Waals surface area (Å²) in [4.78, 5) is 22.0. The fourth-order valence-corrected chi connectivity index (χ4v) is 1.88. The predicted molar refractivity (Wildman–Crippen MR) is 58.7 cm³/mol. The predicted octanol–water partition coefficient (Wildman–Crippen LogP) is 1.63. The first kappa shape index (κ1) is 12.5. The van der Waals surface area contributed by atoms with E-state index in [1.54, 1.807) is 6.08 Å². The lowest BCUT2D eigenvalue weighted by atomic mass is 10.1. The van der Waals surface area contributed by atoms with Gasteiger partial charge in [0.05, 0.1) is 5.92 Å². The largest absolute Gasteiger partial charge is 0.481 e. The van der Waals surface area contributed by atoms with Gasteiger partial charge in [-0.15, -0.1) is 0 Å². The van der Waals surface area contributed by atoms with Gasteiger partial charge in [0.15, 0.2) is 0 Å². The molecule has 88 valence electrons. The van der Waals surface area contributed by atoms with Crippen LogP contribution in [0.15, 0.2) is 24.8 Å². The molecule has 0 aromatic heterocycles. The van der Waals surface area contributed by atoms with Crippen molar-refractivity contribution in [3.63, 3.8) is 0 Å². The molecular formula is C12H16O4. The fourth-order valence-electron chi connectivity index (χ4n) is 1.88. The van der Waals surface area contributed by atoms with Gasteiger partial charge < -0.3 is 9.84 Å². The van der Waals surface area contributed by atoms with Crippen molar-refractivity contribution >= 4 is 11.9 Å². The lowest BCUT2D eigenvalue weighted by Crippen LogP contribution is -2.03. The Bertz CT molecular complexity index is 341. The van der Waals surface area contributed by atoms with E-state index in [1.807, 2.05) is 13.8 Å². The van der Waals surface area contributed by atoms with E-state index in [1.165, 1.54) is 12.2 Å². The molecule has 1 saturated carbocycles. The van der Waals surface area contributed by atoms with E-state index in [-0.39, 0.29) is 17.9 Å². The third-order valence-electron chi connectivity index (χ3n) is 2.96. The molecule has 0 saturated heterocycles. The zero-order valence-electron chi connectivity index (χ0n) is 9.47. The number of aliphatic carboxylic acids is 1. The van der Waals surface area contributed by atoms with Crippen molar-refractivity contribution < 1.29 is 19.4 Å². The Hall–Kier alpha value is -1.58. The van der Waals surface area contributed by atoms with Crippen molar-refractivity contribution in [2.24, 2.45) is 17.3 Å². The van der Waals surface area contributed by atoms with Crippen molar-refractivity contribution in [3.05, 3.63) is 24.8 Å². The summed E-state index contributed by atoms with van der Waals surface area (Å²) >= 11 is 0. The highest BCUT2D eigenvalue weighted by Gasteiger charge is 2.60. The number of hydrogen-bond acceptors (Lipinski definition) is 3. The molecule has 0 amide bonds. The van der Waals surface area contributed by atoms with Gasteiger partial charge in [-0.2, -0.15) is 0 Å². The molecule has 1 fully saturated rings. The lowest BCUT2D eigenvalue weighted by Gasteiger charge is -1.97. The Labute approximate surface area is 94.6 Å². The van der Waals surface area contributed by atoms with E-state index >= 15 is 0 Å². The number of carboxylic acids is 1. The van der Waals surface area contributed by atoms with Gasteiger partial charge in [0.2, 0.25) is 0 Å². The highest BCUT2D eigenvalue weighted by atomic mass is 16.5. The van der Waals surface area contributed by atoms with E-state index in [2.05, 4.69) is 6.58 Å². The molecule has 1 aliphatic rings. The molecule has 1 rings (SSSR count). The zero-order chi connectivity index (χ0) is 12.3. The second kappa shape index (κ2) is 4.51. The standard InChI is InChI=1S/C12H16O4/c1-4-7-16-9(13)6-5-8-10(11(14)15)12(8,2)3/h4-6,8,10H,1,7H2,2-3H3,(H,14,15). The van der Waals surface area contributed by atoms with Crippen LogP contribution in [0.1, 0.15) is 13.8 Å². The number of carbonyl (C=O) groups is 2. The zero-order valence-corrected chi connectivity index (χ0v) is 9.47. The average molecular weight is 224 g/mol. The van der Waals surface area contributed by atoms with Crippen LogP contribution >= 0.6 is 0 Å². The SMILES string of the molecule is C=CCOC(=O)C=CC1C(C(=O)O)C1(C)C. The molecule has 16 heavy (non-hydrogen) atoms. The minimum atomic E-state index is -0.820. The van der Waals surface area contributed by atoms with Gasteiger partial charge in [-0.05, 0) is 11.3 Å². The Morgan fingerprint density at radius 3 is 2.56 bits per heavy atom. The smallest absolute Gasteiger partial charge is 0.330 e. The molecular weight excluding hydrogens is 208 g/mol. The number of allylic oxidation sites excluding steroid dienone is 1. The number of rotatable bonds is 5. The summed E-state index contributed by atoms with van der Waals surface area (Å²) in [6.07, 6.45) is 4.38. The van der Waals surface area contributed by atoms with Gasteiger partial charge in [0.1, 0.15) is 6.61 Å². The topological polar surface area (TPSA) is 63.6 Å². The number of hydrogen-bond donors (Lipinski definition) is 1. The van der Waals surface area contributed by atoms with Crippen LogP contribution in [-0.2, 0) is 14.3 Å². The second-order valence-corrected chi connectivity index (χ2v) is 4.44. The van der Waals surface area contributed by atoms with E-state index < -0.39 is 17.9 Å². The number of esters is 1. The van der Waals surface area contributed by atoms with E-state index in [9.17, 15) is 9.59 Å². The molecule has 0 radical (unpaired) electrons. The van der Waals surface area contributed by atoms with Crippen LogP contribution in [0.3, 0.4) is 0 Å². The molecule has 0 aromatic carbocycles. The molecule has 1 aliphatic carbocycles. The summed E-state index contributed by atoms with van der Waals surface area (Å²) in [5, 5.41) is 8.90. The third kappa shape index (κ3) is 2.51. The summed E-state index contributed by atoms with van der Waals surface area (Å²) < 4.78 is 4.74. The normalized spacial score (nSPS) is 26.4. The van der Waals surface area contributed by atoms with Crippen molar-refractivity contribution in [1.29, 1.82) is 0 Å². The maximum Gasteiger partial charge on any atom is 0.330 e. The number of ether oxygens (including phenoxy) is 1. The minimum Gasteiger partial charge on any atom is -0.481 e. The highest BCUT2D eigenvalue weighted by Crippen LogP contribution is 2.58. The van der Waals surface area contributed by atoms with Crippen molar-refractivity contribution in [2.75, 3.05) is 6.61 Å². The first-order chi connectivity index (χ1) is 7.41. The van der Waals surface area contributed by atoms with E-state index in [0.717, 1.165) is 0 Å². The van der Waals surface area contributed by atoms with E-state index in [4.69, 9.17) is 9.84 Å². The van der Waals surface area contributed by atoms with Gasteiger partial charge in [0.25, 0.3) is 0 Å². The van der Waals surface area contributed by atoms with Crippen molar-refractivity contribution in [3.8, 4) is 0 Å². The molecule has 0 aliphatic heterocycles. The van der Waals surface area contributed by atoms with E-state index in [0.29, 0.717) is 0 Å². The van der Waals surface area contributed by atoms with Crippen LogP contribution in [-0.4, -0.2) is 23.7 Å². The highest BCUT2D eigenvalue weighted by molar-refractivity contribution is 5.83. The summed E-state index contributed by atoms with van der Waals surface area (Å²) in [6, 6.07) is 0. The van der Waals surface area contributed by atoms with Crippen LogP contribution in [0.4, 0.5) is 0 Å². The second-order valence-electron chi connectivity index (χ2n) is 4.44. The molecule has 0 heterocycles. The Kier molecular flexibility index (Phi) is 3.52. The van der Waals surface area contributed by atoms with Crippen LogP contribution in [0.25, 0.3) is 0 Å². The summed E-state index contributed by atoms with van der Waals surface area (Å²) in [6.45, 7) is 7.33. The van der Waals surface area contributed by atoms with Crippen LogP contribution in [0, 0.1) is 17.3 Å². The molecule has 0 bridgehead atoms. The Morgan fingerprint density at radius 2 is 2.12 bits per heavy atom. The van der Waals surface area contributed by atoms with Crippen molar-refractivity contribution in [2.45, 2.75) is 13.8 Å². The van der Waals surface area contributed by atoms with Crippen molar-refractivity contribution in [1.82, 2.24) is 0 Å². The molecule has 4 heteroatoms. The molecule has 1 N–H and O–H groups in total. The summed E-state index contributed by atoms with van der Waals surface area (Å²) in [5.41, 5.74) is -0.277. The summed E-state index contributed by atoms with van der Waals surface area (Å²) in [5.74, 6) is -1.79. The third-order valence-corrected chi connectivity index (χ3v) is 2.96. The van der Waals surface area contributed by atoms with Gasteiger partial charge in [-0.3, -0.25) is 4.79 Å². The van der Waals surface area contributed by atoms with Gasteiger partial charge in [-0.1, -0.05) is 32.6 Å².